The summed E-state index contributed by atoms with van der Waals surface area (Å²) in [6, 6.07) is 2.65. The summed E-state index contributed by atoms with van der Waals surface area (Å²) < 4.78 is 42.9. The highest BCUT2D eigenvalue weighted by molar-refractivity contribution is 9.10. The Kier molecular flexibility index (Phi) is 6.78. The molecular weight excluding hydrogens is 543 g/mol. The standard InChI is InChI=1S/C23H23BrF3N7O2/c1-5-12(2)29-21-30-18-10-33(19(35)14-6-7-17(24)16(9-14)23(25,26)27)13(3)8-15(18)20(36)34(21)22-31-28-11-32(22)4/h5-7,9,11-13H,1,8,10H2,2-4H3,(H,29,30)/t12-,13-/m1/s1. The third-order valence-corrected chi connectivity index (χ3v) is 6.68. The number of alkyl halides is 3. The molecule has 13 heteroatoms. The Bertz CT molecular complexity index is 1400. The fraction of sp³-hybridized carbons (Fsp3) is 0.348. The van der Waals surface area contributed by atoms with Crippen LogP contribution in [0.4, 0.5) is 19.1 Å². The van der Waals surface area contributed by atoms with Crippen molar-refractivity contribution in [1.82, 2.24) is 29.2 Å². The van der Waals surface area contributed by atoms with E-state index in [2.05, 4.69) is 43.0 Å². The lowest BCUT2D eigenvalue weighted by Gasteiger charge is -2.34. The number of aryl methyl sites for hydroxylation is 1. The Morgan fingerprint density at radius 3 is 2.69 bits per heavy atom. The number of carbonyl (C=O) groups is 1. The molecule has 4 rings (SSSR count). The zero-order chi connectivity index (χ0) is 26.4. The van der Waals surface area contributed by atoms with Gasteiger partial charge in [0.25, 0.3) is 11.5 Å². The average molecular weight is 566 g/mol. The SMILES string of the molecule is C=C[C@@H](C)Nc1nc2c(c(=O)n1-c1nncn1C)C[C@@H](C)N(C(=O)c1ccc(Br)c(C(F)(F)F)c1)C2. The summed E-state index contributed by atoms with van der Waals surface area (Å²) in [5.74, 6) is -0.138. The van der Waals surface area contributed by atoms with Crippen LogP contribution in [0.3, 0.4) is 0 Å². The van der Waals surface area contributed by atoms with Crippen LogP contribution in [-0.4, -0.2) is 47.2 Å². The molecule has 1 N–H and O–H groups in total. The van der Waals surface area contributed by atoms with E-state index >= 15 is 0 Å². The molecule has 3 heterocycles. The monoisotopic (exact) mass is 565 g/mol. The van der Waals surface area contributed by atoms with E-state index in [1.54, 1.807) is 24.6 Å². The van der Waals surface area contributed by atoms with Crippen LogP contribution >= 0.6 is 15.9 Å². The number of aromatic nitrogens is 5. The van der Waals surface area contributed by atoms with Crippen molar-refractivity contribution < 1.29 is 18.0 Å². The zero-order valence-electron chi connectivity index (χ0n) is 19.7. The van der Waals surface area contributed by atoms with Gasteiger partial charge in [-0.3, -0.25) is 9.59 Å². The maximum Gasteiger partial charge on any atom is 0.417 e. The second-order valence-electron chi connectivity index (χ2n) is 8.59. The number of nitrogens with one attached hydrogen (secondary N) is 1. The summed E-state index contributed by atoms with van der Waals surface area (Å²) in [4.78, 5) is 32.9. The lowest BCUT2D eigenvalue weighted by Crippen LogP contribution is -2.46. The van der Waals surface area contributed by atoms with E-state index in [0.29, 0.717) is 11.3 Å². The molecule has 0 saturated carbocycles. The van der Waals surface area contributed by atoms with Crippen LogP contribution in [0.2, 0.25) is 0 Å². The Hall–Kier alpha value is -3.48. The Morgan fingerprint density at radius 1 is 1.36 bits per heavy atom. The Morgan fingerprint density at radius 2 is 2.08 bits per heavy atom. The van der Waals surface area contributed by atoms with Crippen molar-refractivity contribution in [2.24, 2.45) is 7.05 Å². The first-order valence-corrected chi connectivity index (χ1v) is 11.8. The van der Waals surface area contributed by atoms with Crippen LogP contribution in [0.25, 0.3) is 5.95 Å². The zero-order valence-corrected chi connectivity index (χ0v) is 21.3. The molecule has 0 spiro atoms. The van der Waals surface area contributed by atoms with Crippen LogP contribution in [0.5, 0.6) is 0 Å². The van der Waals surface area contributed by atoms with Gasteiger partial charge in [-0.1, -0.05) is 22.0 Å². The number of halogens is 4. The van der Waals surface area contributed by atoms with Gasteiger partial charge in [0.1, 0.15) is 6.33 Å². The third kappa shape index (κ3) is 4.66. The number of rotatable bonds is 5. The highest BCUT2D eigenvalue weighted by atomic mass is 79.9. The maximum absolute atomic E-state index is 13.6. The molecule has 1 aliphatic rings. The molecule has 0 unspecified atom stereocenters. The maximum atomic E-state index is 13.6. The summed E-state index contributed by atoms with van der Waals surface area (Å²) in [7, 11) is 1.69. The summed E-state index contributed by atoms with van der Waals surface area (Å²) in [5, 5.41) is 11.0. The van der Waals surface area contributed by atoms with Crippen LogP contribution in [-0.2, 0) is 26.2 Å². The molecule has 2 atom stereocenters. The van der Waals surface area contributed by atoms with Gasteiger partial charge in [-0.15, -0.1) is 16.8 Å². The van der Waals surface area contributed by atoms with E-state index in [-0.39, 0.29) is 46.5 Å². The number of nitrogens with zero attached hydrogens (tertiary/aromatic N) is 6. The lowest BCUT2D eigenvalue weighted by molar-refractivity contribution is -0.138. The fourth-order valence-electron chi connectivity index (χ4n) is 4.00. The van der Waals surface area contributed by atoms with Gasteiger partial charge in [0.2, 0.25) is 11.9 Å². The lowest BCUT2D eigenvalue weighted by atomic mass is 9.98. The molecule has 0 radical (unpaired) electrons. The van der Waals surface area contributed by atoms with Gasteiger partial charge in [-0.25, -0.2) is 9.55 Å². The number of fused-ring (bicyclic) bond motifs is 1. The van der Waals surface area contributed by atoms with Crippen LogP contribution in [0.1, 0.15) is 41.0 Å². The molecule has 190 valence electrons. The second kappa shape index (κ2) is 9.52. The summed E-state index contributed by atoms with van der Waals surface area (Å²) in [6.45, 7) is 7.26. The molecule has 2 aromatic heterocycles. The minimum absolute atomic E-state index is 0.0429. The topological polar surface area (TPSA) is 97.9 Å². The quantitative estimate of drug-likeness (QED) is 0.473. The molecule has 3 aromatic rings. The van der Waals surface area contributed by atoms with E-state index in [9.17, 15) is 22.8 Å². The number of anilines is 1. The molecule has 1 aromatic carbocycles. The number of carbonyl (C=O) groups excluding carboxylic acids is 1. The normalized spacial score (nSPS) is 16.4. The predicted octanol–water partition coefficient (Wildman–Crippen LogP) is 3.72. The van der Waals surface area contributed by atoms with Crippen molar-refractivity contribution in [3.8, 4) is 5.95 Å². The highest BCUT2D eigenvalue weighted by Gasteiger charge is 2.36. The molecular formula is C23H23BrF3N7O2. The summed E-state index contributed by atoms with van der Waals surface area (Å²) in [5.41, 5.74) is -0.647. The number of hydrogen-bond donors (Lipinski definition) is 1. The van der Waals surface area contributed by atoms with Crippen molar-refractivity contribution >= 4 is 27.8 Å². The summed E-state index contributed by atoms with van der Waals surface area (Å²) in [6.07, 6.45) is -1.36. The highest BCUT2D eigenvalue weighted by Crippen LogP contribution is 2.36. The molecule has 36 heavy (non-hydrogen) atoms. The third-order valence-electron chi connectivity index (χ3n) is 5.99. The number of hydrogen-bond acceptors (Lipinski definition) is 6. The van der Waals surface area contributed by atoms with Crippen molar-refractivity contribution in [1.29, 1.82) is 0 Å². The van der Waals surface area contributed by atoms with Crippen molar-refractivity contribution in [2.75, 3.05) is 5.32 Å². The molecule has 0 bridgehead atoms. The van der Waals surface area contributed by atoms with E-state index in [1.807, 2.05) is 6.92 Å². The average Bonchev–Trinajstić information content (AvgIpc) is 3.23. The largest absolute Gasteiger partial charge is 0.417 e. The minimum Gasteiger partial charge on any atom is -0.349 e. The van der Waals surface area contributed by atoms with Crippen molar-refractivity contribution in [3.63, 3.8) is 0 Å². The smallest absolute Gasteiger partial charge is 0.349 e. The van der Waals surface area contributed by atoms with Gasteiger partial charge in [0.15, 0.2) is 0 Å². The van der Waals surface area contributed by atoms with Gasteiger partial charge in [-0.2, -0.15) is 13.2 Å². The number of amides is 1. The van der Waals surface area contributed by atoms with Crippen molar-refractivity contribution in [2.45, 2.75) is 45.1 Å². The van der Waals surface area contributed by atoms with E-state index < -0.39 is 23.7 Å². The van der Waals surface area contributed by atoms with Gasteiger partial charge < -0.3 is 14.8 Å². The summed E-state index contributed by atoms with van der Waals surface area (Å²) >= 11 is 2.90. The predicted molar refractivity (Wildman–Crippen MR) is 130 cm³/mol. The Labute approximate surface area is 212 Å². The molecule has 1 aliphatic heterocycles. The van der Waals surface area contributed by atoms with Gasteiger partial charge >= 0.3 is 6.18 Å². The first-order chi connectivity index (χ1) is 16.9. The first kappa shape index (κ1) is 25.6. The Balaban J connectivity index is 1.77. The molecule has 1 amide bonds. The molecule has 0 saturated heterocycles. The van der Waals surface area contributed by atoms with E-state index in [0.717, 1.165) is 6.07 Å². The van der Waals surface area contributed by atoms with Crippen LogP contribution in [0.15, 0.2) is 46.4 Å². The molecule has 9 nitrogen and oxygen atoms in total. The number of benzene rings is 1. The minimum atomic E-state index is -4.62. The second-order valence-corrected chi connectivity index (χ2v) is 9.44. The van der Waals surface area contributed by atoms with Crippen molar-refractivity contribution in [3.05, 3.63) is 74.4 Å². The van der Waals surface area contributed by atoms with Gasteiger partial charge in [0, 0.05) is 34.7 Å². The molecule has 0 aliphatic carbocycles. The van der Waals surface area contributed by atoms with E-state index in [1.165, 1.54) is 27.9 Å². The van der Waals surface area contributed by atoms with Gasteiger partial charge in [0.05, 0.1) is 17.8 Å². The fourth-order valence-corrected chi connectivity index (χ4v) is 4.47. The van der Waals surface area contributed by atoms with Gasteiger partial charge in [-0.05, 0) is 38.5 Å². The van der Waals surface area contributed by atoms with E-state index in [4.69, 9.17) is 0 Å². The van der Waals surface area contributed by atoms with Crippen LogP contribution < -0.4 is 10.9 Å². The van der Waals surface area contributed by atoms with Crippen LogP contribution in [0, 0.1) is 0 Å². The first-order valence-electron chi connectivity index (χ1n) is 11.0. The molecule has 0 fully saturated rings.